The van der Waals surface area contributed by atoms with Crippen LogP contribution in [0.2, 0.25) is 0 Å². The Morgan fingerprint density at radius 3 is 0.771 bits per heavy atom. The van der Waals surface area contributed by atoms with Gasteiger partial charge in [0.1, 0.15) is 0 Å². The summed E-state index contributed by atoms with van der Waals surface area (Å²) in [5.41, 5.74) is 11.2. The van der Waals surface area contributed by atoms with Gasteiger partial charge in [0.05, 0.1) is 45.0 Å². The summed E-state index contributed by atoms with van der Waals surface area (Å²) in [6.45, 7) is 8.08. The Labute approximate surface area is 280 Å². The lowest BCUT2D eigenvalue weighted by Crippen LogP contribution is -2.25. The first-order valence-corrected chi connectivity index (χ1v) is 16.0. The zero-order chi connectivity index (χ0) is 33.4. The second kappa shape index (κ2) is 12.6. The van der Waals surface area contributed by atoms with Gasteiger partial charge in [-0.25, -0.2) is 0 Å². The van der Waals surface area contributed by atoms with Gasteiger partial charge in [-0.15, -0.1) is 0 Å². The number of benzene rings is 6. The molecule has 0 aliphatic heterocycles. The zero-order valence-corrected chi connectivity index (χ0v) is 27.4. The summed E-state index contributed by atoms with van der Waals surface area (Å²) in [7, 11) is 0. The van der Waals surface area contributed by atoms with Crippen molar-refractivity contribution in [3.05, 3.63) is 166 Å². The van der Waals surface area contributed by atoms with Gasteiger partial charge in [0.25, 0.3) is 0 Å². The Morgan fingerprint density at radius 1 is 0.333 bits per heavy atom. The van der Waals surface area contributed by atoms with Crippen molar-refractivity contribution in [2.24, 2.45) is 0 Å². The third-order valence-corrected chi connectivity index (χ3v) is 8.51. The molecule has 4 N–H and O–H groups in total. The number of rotatable bonds is 8. The summed E-state index contributed by atoms with van der Waals surface area (Å²) < 4.78 is 0. The molecule has 1 aliphatic rings. The maximum atomic E-state index is 15.0. The lowest BCUT2D eigenvalue weighted by atomic mass is 9.80. The van der Waals surface area contributed by atoms with Gasteiger partial charge in [-0.1, -0.05) is 48.5 Å². The van der Waals surface area contributed by atoms with Crippen molar-refractivity contribution in [1.82, 2.24) is 0 Å². The monoisotopic (exact) mass is 628 g/mol. The van der Waals surface area contributed by atoms with Crippen molar-refractivity contribution in [3.8, 4) is 0 Å². The third-order valence-electron chi connectivity index (χ3n) is 8.51. The van der Waals surface area contributed by atoms with Crippen LogP contribution in [0.15, 0.2) is 121 Å². The quantitative estimate of drug-likeness (QED) is 0.134. The van der Waals surface area contributed by atoms with Gasteiger partial charge < -0.3 is 21.3 Å². The fourth-order valence-electron chi connectivity index (χ4n) is 6.33. The van der Waals surface area contributed by atoms with E-state index >= 15 is 9.59 Å². The van der Waals surface area contributed by atoms with E-state index < -0.39 is 0 Å². The highest BCUT2D eigenvalue weighted by atomic mass is 16.1. The second-order valence-corrected chi connectivity index (χ2v) is 12.5. The number of anilines is 8. The summed E-state index contributed by atoms with van der Waals surface area (Å²) in [5, 5.41) is 13.8. The summed E-state index contributed by atoms with van der Waals surface area (Å²) >= 11 is 0. The number of nitrogens with one attached hydrogen (secondary N) is 4. The molecule has 7 rings (SSSR count). The van der Waals surface area contributed by atoms with Crippen molar-refractivity contribution in [2.75, 3.05) is 21.3 Å². The number of ketones is 2. The van der Waals surface area contributed by atoms with Crippen LogP contribution in [-0.4, -0.2) is 11.6 Å². The van der Waals surface area contributed by atoms with E-state index in [2.05, 4.69) is 21.3 Å². The van der Waals surface area contributed by atoms with Crippen molar-refractivity contribution >= 4 is 57.1 Å². The van der Waals surface area contributed by atoms with Crippen LogP contribution in [0.1, 0.15) is 54.1 Å². The minimum atomic E-state index is -0.245. The molecule has 6 heteroatoms. The zero-order valence-electron chi connectivity index (χ0n) is 27.4. The number of carbonyl (C=O) groups excluding carboxylic acids is 2. The molecule has 48 heavy (non-hydrogen) atoms. The predicted molar refractivity (Wildman–Crippen MR) is 198 cm³/mol. The topological polar surface area (TPSA) is 82.3 Å². The van der Waals surface area contributed by atoms with Crippen molar-refractivity contribution in [1.29, 1.82) is 0 Å². The van der Waals surface area contributed by atoms with Crippen molar-refractivity contribution < 1.29 is 9.59 Å². The molecular weight excluding hydrogens is 592 g/mol. The Kier molecular flexibility index (Phi) is 7.99. The van der Waals surface area contributed by atoms with E-state index in [1.807, 2.05) is 149 Å². The number of hydrogen-bond donors (Lipinski definition) is 4. The van der Waals surface area contributed by atoms with E-state index in [4.69, 9.17) is 0 Å². The molecule has 0 fully saturated rings. The summed E-state index contributed by atoms with van der Waals surface area (Å²) in [6.07, 6.45) is 0. The van der Waals surface area contributed by atoms with Crippen LogP contribution in [0, 0.1) is 27.7 Å². The highest BCUT2D eigenvalue weighted by Gasteiger charge is 2.38. The largest absolute Gasteiger partial charge is 0.355 e. The van der Waals surface area contributed by atoms with E-state index in [0.29, 0.717) is 45.0 Å². The number of carbonyl (C=O) groups is 2. The van der Waals surface area contributed by atoms with Crippen LogP contribution in [0.4, 0.5) is 45.5 Å². The molecule has 0 amide bonds. The Hall–Kier alpha value is -6.14. The lowest BCUT2D eigenvalue weighted by Gasteiger charge is -2.27. The average molecular weight is 629 g/mol. The Bertz CT molecular complexity index is 1930. The maximum absolute atomic E-state index is 15.0. The standard InChI is InChI=1S/C42H36N4O2/c1-25-9-5-13-29(21-25)43-33-17-18-34(44-30-14-6-10-26(2)22-30)38-37(33)41(47)39-35(45-31-15-7-11-27(3)23-31)19-20-36(40(39)42(38)48)46-32-16-8-12-28(4)24-32/h5-24,43-46H,1-4H3. The van der Waals surface area contributed by atoms with Crippen LogP contribution in [0.25, 0.3) is 0 Å². The van der Waals surface area contributed by atoms with Gasteiger partial charge in [0.2, 0.25) is 0 Å². The van der Waals surface area contributed by atoms with Crippen LogP contribution in [0.3, 0.4) is 0 Å². The number of hydrogen-bond acceptors (Lipinski definition) is 6. The van der Waals surface area contributed by atoms with E-state index in [1.165, 1.54) is 0 Å². The average Bonchev–Trinajstić information content (AvgIpc) is 3.05. The van der Waals surface area contributed by atoms with Gasteiger partial charge in [0.15, 0.2) is 11.6 Å². The molecule has 6 aromatic carbocycles. The first-order valence-electron chi connectivity index (χ1n) is 16.0. The first kappa shape index (κ1) is 30.5. The third kappa shape index (κ3) is 6.04. The molecule has 6 nitrogen and oxygen atoms in total. The minimum Gasteiger partial charge on any atom is -0.355 e. The molecule has 0 saturated heterocycles. The van der Waals surface area contributed by atoms with Crippen LogP contribution in [0.5, 0.6) is 0 Å². The Morgan fingerprint density at radius 2 is 0.562 bits per heavy atom. The normalized spacial score (nSPS) is 11.8. The van der Waals surface area contributed by atoms with Crippen LogP contribution in [-0.2, 0) is 0 Å². The Balaban J connectivity index is 1.44. The highest BCUT2D eigenvalue weighted by Crippen LogP contribution is 2.44. The first-order chi connectivity index (χ1) is 23.2. The molecule has 0 unspecified atom stereocenters. The van der Waals surface area contributed by atoms with Crippen LogP contribution < -0.4 is 21.3 Å². The smallest absolute Gasteiger partial charge is 0.198 e. The molecule has 6 aromatic rings. The highest BCUT2D eigenvalue weighted by molar-refractivity contribution is 6.35. The second-order valence-electron chi connectivity index (χ2n) is 12.5. The minimum absolute atomic E-state index is 0.245. The van der Waals surface area contributed by atoms with Gasteiger partial charge in [-0.2, -0.15) is 0 Å². The summed E-state index contributed by atoms with van der Waals surface area (Å²) in [5.74, 6) is -0.489. The molecule has 0 spiro atoms. The van der Waals surface area contributed by atoms with E-state index in [1.54, 1.807) is 0 Å². The molecule has 1 aliphatic carbocycles. The van der Waals surface area contributed by atoms with E-state index in [9.17, 15) is 0 Å². The number of aryl methyl sites for hydroxylation is 4. The molecule has 0 bridgehead atoms. The molecular formula is C42H36N4O2. The molecule has 0 radical (unpaired) electrons. The van der Waals surface area contributed by atoms with Crippen molar-refractivity contribution in [3.63, 3.8) is 0 Å². The van der Waals surface area contributed by atoms with Gasteiger partial charge in [0, 0.05) is 22.7 Å². The predicted octanol–water partition coefficient (Wildman–Crippen LogP) is 10.7. The number of fused-ring (bicyclic) bond motifs is 2. The van der Waals surface area contributed by atoms with E-state index in [0.717, 1.165) is 45.0 Å². The molecule has 0 atom stereocenters. The van der Waals surface area contributed by atoms with Crippen molar-refractivity contribution in [2.45, 2.75) is 27.7 Å². The van der Waals surface area contributed by atoms with E-state index in [-0.39, 0.29) is 11.6 Å². The summed E-state index contributed by atoms with van der Waals surface area (Å²) in [4.78, 5) is 30.1. The fourth-order valence-corrected chi connectivity index (χ4v) is 6.33. The van der Waals surface area contributed by atoms with Crippen LogP contribution >= 0.6 is 0 Å². The SMILES string of the molecule is Cc1cccc(Nc2ccc(Nc3cccc(C)c3)c3c2C(=O)c2c(Nc4cccc(C)c4)ccc(Nc4cccc(C)c4)c2C3=O)c1. The summed E-state index contributed by atoms with van der Waals surface area (Å²) in [6, 6.07) is 39.3. The molecule has 0 saturated carbocycles. The maximum Gasteiger partial charge on any atom is 0.198 e. The van der Waals surface area contributed by atoms with Gasteiger partial charge in [-0.05, 0) is 123 Å². The molecule has 236 valence electrons. The molecule has 0 heterocycles. The van der Waals surface area contributed by atoms with Gasteiger partial charge in [-0.3, -0.25) is 9.59 Å². The van der Waals surface area contributed by atoms with Gasteiger partial charge >= 0.3 is 0 Å². The molecule has 0 aromatic heterocycles. The fraction of sp³-hybridized carbons (Fsp3) is 0.0952. The lowest BCUT2D eigenvalue weighted by molar-refractivity contribution is 0.0981.